The Morgan fingerprint density at radius 2 is 1.83 bits per heavy atom. The molecule has 2 aromatic rings. The van der Waals surface area contributed by atoms with E-state index in [0.717, 1.165) is 18.6 Å². The second kappa shape index (κ2) is 6.50. The van der Waals surface area contributed by atoms with Gasteiger partial charge < -0.3 is 9.15 Å². The molecule has 0 aliphatic carbocycles. The molecule has 1 heterocycles. The van der Waals surface area contributed by atoms with E-state index in [1.807, 2.05) is 18.2 Å². The van der Waals surface area contributed by atoms with E-state index in [-0.39, 0.29) is 0 Å². The van der Waals surface area contributed by atoms with Crippen LogP contribution in [-0.4, -0.2) is 13.0 Å². The van der Waals surface area contributed by atoms with Gasteiger partial charge in [0, 0.05) is 5.88 Å². The number of ether oxygens (including phenoxy) is 1. The fourth-order valence-electron chi connectivity index (χ4n) is 2.02. The van der Waals surface area contributed by atoms with E-state index in [1.165, 1.54) is 11.1 Å². The zero-order chi connectivity index (χ0) is 12.8. The molecular formula is C15H17ClO2. The van der Waals surface area contributed by atoms with Gasteiger partial charge in [-0.3, -0.25) is 0 Å². The minimum absolute atomic E-state index is 0.428. The minimum Gasteiger partial charge on any atom is -0.497 e. The molecule has 2 rings (SSSR count). The predicted octanol–water partition coefficient (Wildman–Crippen LogP) is 3.93. The molecule has 0 N–H and O–H groups in total. The second-order valence-electron chi connectivity index (χ2n) is 4.41. The van der Waals surface area contributed by atoms with Crippen LogP contribution >= 0.6 is 11.6 Å². The van der Waals surface area contributed by atoms with Crippen molar-refractivity contribution in [2.45, 2.75) is 12.8 Å². The molecule has 0 aliphatic rings. The summed E-state index contributed by atoms with van der Waals surface area (Å²) in [5.74, 6) is 1.96. The van der Waals surface area contributed by atoms with Crippen molar-refractivity contribution in [2.75, 3.05) is 13.0 Å². The standard InChI is InChI=1S/C15H17ClO2/c1-17-15-4-2-12(3-5-15)8-14(10-16)9-13-6-7-18-11-13/h2-7,11,14H,8-10H2,1H3. The van der Waals surface area contributed by atoms with Crippen LogP contribution in [0.4, 0.5) is 0 Å². The first-order chi connectivity index (χ1) is 8.81. The molecule has 18 heavy (non-hydrogen) atoms. The molecule has 1 unspecified atom stereocenters. The van der Waals surface area contributed by atoms with Crippen LogP contribution in [0.15, 0.2) is 47.3 Å². The summed E-state index contributed by atoms with van der Waals surface area (Å²) >= 11 is 6.04. The molecule has 96 valence electrons. The molecule has 3 heteroatoms. The molecule has 0 spiro atoms. The molecule has 2 nitrogen and oxygen atoms in total. The van der Waals surface area contributed by atoms with Crippen molar-refractivity contribution in [3.05, 3.63) is 54.0 Å². The maximum Gasteiger partial charge on any atom is 0.118 e. The van der Waals surface area contributed by atoms with Crippen molar-refractivity contribution >= 4 is 11.6 Å². The van der Waals surface area contributed by atoms with E-state index in [9.17, 15) is 0 Å². The highest BCUT2D eigenvalue weighted by Gasteiger charge is 2.10. The van der Waals surface area contributed by atoms with Crippen LogP contribution in [0.1, 0.15) is 11.1 Å². The Kier molecular flexibility index (Phi) is 4.71. The summed E-state index contributed by atoms with van der Waals surface area (Å²) in [6, 6.07) is 10.1. The highest BCUT2D eigenvalue weighted by atomic mass is 35.5. The van der Waals surface area contributed by atoms with E-state index in [1.54, 1.807) is 19.6 Å². The molecule has 1 atom stereocenters. The average molecular weight is 265 g/mol. The number of halogens is 1. The Balaban J connectivity index is 1.96. The maximum absolute atomic E-state index is 6.04. The van der Waals surface area contributed by atoms with Gasteiger partial charge >= 0.3 is 0 Å². The van der Waals surface area contributed by atoms with Crippen molar-refractivity contribution in [3.8, 4) is 5.75 Å². The SMILES string of the molecule is COc1ccc(CC(CCl)Cc2ccoc2)cc1. The first-order valence-electron chi connectivity index (χ1n) is 6.01. The Hall–Kier alpha value is -1.41. The van der Waals surface area contributed by atoms with Gasteiger partial charge in [-0.05, 0) is 48.1 Å². The molecule has 0 saturated heterocycles. The number of rotatable bonds is 6. The number of hydrogen-bond acceptors (Lipinski definition) is 2. The molecule has 0 radical (unpaired) electrons. The van der Waals surface area contributed by atoms with Crippen molar-refractivity contribution < 1.29 is 9.15 Å². The quantitative estimate of drug-likeness (QED) is 0.738. The number of methoxy groups -OCH3 is 1. The molecular weight excluding hydrogens is 248 g/mol. The third-order valence-corrected chi connectivity index (χ3v) is 3.44. The summed E-state index contributed by atoms with van der Waals surface area (Å²) in [6.45, 7) is 0. The fraction of sp³-hybridized carbons (Fsp3) is 0.333. The zero-order valence-electron chi connectivity index (χ0n) is 10.4. The van der Waals surface area contributed by atoms with Crippen LogP contribution in [0.25, 0.3) is 0 Å². The molecule has 0 aliphatic heterocycles. The monoisotopic (exact) mass is 264 g/mol. The van der Waals surface area contributed by atoms with Gasteiger partial charge in [-0.2, -0.15) is 0 Å². The van der Waals surface area contributed by atoms with Gasteiger partial charge in [-0.25, -0.2) is 0 Å². The van der Waals surface area contributed by atoms with Crippen molar-refractivity contribution in [1.82, 2.24) is 0 Å². The first kappa shape index (κ1) is 13.0. The van der Waals surface area contributed by atoms with Gasteiger partial charge in [0.2, 0.25) is 0 Å². The summed E-state index contributed by atoms with van der Waals surface area (Å²) in [5, 5.41) is 0. The minimum atomic E-state index is 0.428. The molecule has 1 aromatic carbocycles. The lowest BCUT2D eigenvalue weighted by Gasteiger charge is -2.13. The van der Waals surface area contributed by atoms with Crippen molar-refractivity contribution in [3.63, 3.8) is 0 Å². The summed E-state index contributed by atoms with van der Waals surface area (Å²) in [6.07, 6.45) is 5.41. The Morgan fingerprint density at radius 1 is 1.11 bits per heavy atom. The van der Waals surface area contributed by atoms with E-state index in [4.69, 9.17) is 20.8 Å². The van der Waals surface area contributed by atoms with Gasteiger partial charge in [0.1, 0.15) is 5.75 Å². The third-order valence-electron chi connectivity index (χ3n) is 3.01. The van der Waals surface area contributed by atoms with E-state index in [2.05, 4.69) is 12.1 Å². The Morgan fingerprint density at radius 3 is 2.39 bits per heavy atom. The van der Waals surface area contributed by atoms with Crippen LogP contribution in [0.5, 0.6) is 5.75 Å². The predicted molar refractivity (Wildman–Crippen MR) is 73.3 cm³/mol. The number of benzene rings is 1. The summed E-state index contributed by atoms with van der Waals surface area (Å²) in [7, 11) is 1.68. The lowest BCUT2D eigenvalue weighted by molar-refractivity contribution is 0.414. The Bertz CT molecular complexity index is 448. The highest BCUT2D eigenvalue weighted by Crippen LogP contribution is 2.19. The molecule has 0 bridgehead atoms. The zero-order valence-corrected chi connectivity index (χ0v) is 11.2. The van der Waals surface area contributed by atoms with Gasteiger partial charge in [0.15, 0.2) is 0 Å². The van der Waals surface area contributed by atoms with Gasteiger partial charge in [0.25, 0.3) is 0 Å². The summed E-state index contributed by atoms with van der Waals surface area (Å²) < 4.78 is 10.2. The number of hydrogen-bond donors (Lipinski definition) is 0. The lowest BCUT2D eigenvalue weighted by Crippen LogP contribution is -2.09. The first-order valence-corrected chi connectivity index (χ1v) is 6.55. The summed E-state index contributed by atoms with van der Waals surface area (Å²) in [4.78, 5) is 0. The van der Waals surface area contributed by atoms with Crippen LogP contribution in [0.3, 0.4) is 0 Å². The molecule has 0 amide bonds. The van der Waals surface area contributed by atoms with E-state index in [0.29, 0.717) is 11.8 Å². The molecule has 0 fully saturated rings. The fourth-order valence-corrected chi connectivity index (χ4v) is 2.24. The van der Waals surface area contributed by atoms with Crippen molar-refractivity contribution in [1.29, 1.82) is 0 Å². The largest absolute Gasteiger partial charge is 0.497 e. The molecule has 1 aromatic heterocycles. The smallest absolute Gasteiger partial charge is 0.118 e. The third kappa shape index (κ3) is 3.54. The average Bonchev–Trinajstić information content (AvgIpc) is 2.91. The van der Waals surface area contributed by atoms with Gasteiger partial charge in [-0.1, -0.05) is 12.1 Å². The second-order valence-corrected chi connectivity index (χ2v) is 4.72. The van der Waals surface area contributed by atoms with Crippen LogP contribution in [0.2, 0.25) is 0 Å². The summed E-state index contributed by atoms with van der Waals surface area (Å²) in [5.41, 5.74) is 2.49. The normalized spacial score (nSPS) is 12.3. The maximum atomic E-state index is 6.04. The van der Waals surface area contributed by atoms with Gasteiger partial charge in [-0.15, -0.1) is 11.6 Å². The van der Waals surface area contributed by atoms with E-state index >= 15 is 0 Å². The Labute approximate surface area is 113 Å². The lowest BCUT2D eigenvalue weighted by atomic mass is 9.95. The van der Waals surface area contributed by atoms with Crippen LogP contribution in [-0.2, 0) is 12.8 Å². The van der Waals surface area contributed by atoms with Crippen molar-refractivity contribution in [2.24, 2.45) is 5.92 Å². The van der Waals surface area contributed by atoms with Crippen LogP contribution in [0, 0.1) is 5.92 Å². The molecule has 0 saturated carbocycles. The van der Waals surface area contributed by atoms with Gasteiger partial charge in [0.05, 0.1) is 19.6 Å². The topological polar surface area (TPSA) is 22.4 Å². The van der Waals surface area contributed by atoms with Crippen LogP contribution < -0.4 is 4.74 Å². The number of alkyl halides is 1. The van der Waals surface area contributed by atoms with E-state index < -0.39 is 0 Å². The number of furan rings is 1. The highest BCUT2D eigenvalue weighted by molar-refractivity contribution is 6.18.